The molecule has 1 unspecified atom stereocenters. The van der Waals surface area contributed by atoms with Crippen LogP contribution in [0.4, 0.5) is 5.69 Å². The Hall–Kier alpha value is -1.82. The van der Waals surface area contributed by atoms with Gasteiger partial charge < -0.3 is 33.2 Å². The van der Waals surface area contributed by atoms with Gasteiger partial charge in [-0.1, -0.05) is 20.3 Å². The fourth-order valence-corrected chi connectivity index (χ4v) is 2.38. The molecule has 1 aromatic rings. The van der Waals surface area contributed by atoms with Crippen molar-refractivity contribution < 1.29 is 38.1 Å². The molecule has 190 valence electrons. The molecule has 0 bridgehead atoms. The second-order valence-corrected chi connectivity index (χ2v) is 7.25. The van der Waals surface area contributed by atoms with E-state index in [9.17, 15) is 10.1 Å². The van der Waals surface area contributed by atoms with Crippen LogP contribution in [0.15, 0.2) is 24.3 Å². The maximum atomic E-state index is 10.6. The van der Waals surface area contributed by atoms with Crippen LogP contribution in [-0.4, -0.2) is 90.8 Å². The second kappa shape index (κ2) is 20.8. The van der Waals surface area contributed by atoms with E-state index in [-0.39, 0.29) is 5.69 Å². The molecule has 1 aromatic carbocycles. The van der Waals surface area contributed by atoms with Crippen molar-refractivity contribution in [2.24, 2.45) is 5.92 Å². The maximum Gasteiger partial charge on any atom is 0.269 e. The van der Waals surface area contributed by atoms with Gasteiger partial charge in [-0.2, -0.15) is 0 Å². The molecule has 0 aromatic heterocycles. The first-order valence-electron chi connectivity index (χ1n) is 11.5. The van der Waals surface area contributed by atoms with Gasteiger partial charge in [-0.3, -0.25) is 10.1 Å². The molecular formula is C23H39NO9. The monoisotopic (exact) mass is 473 g/mol. The Morgan fingerprint density at radius 1 is 0.697 bits per heavy atom. The Morgan fingerprint density at radius 2 is 1.09 bits per heavy atom. The first-order valence-corrected chi connectivity index (χ1v) is 11.5. The predicted molar refractivity (Wildman–Crippen MR) is 123 cm³/mol. The average Bonchev–Trinajstić information content (AvgIpc) is 2.82. The topological polar surface area (TPSA) is 108 Å². The van der Waals surface area contributed by atoms with E-state index in [1.54, 1.807) is 12.1 Å². The lowest BCUT2D eigenvalue weighted by Crippen LogP contribution is -2.15. The van der Waals surface area contributed by atoms with Crippen LogP contribution in [-0.2, 0) is 28.4 Å². The molecule has 0 fully saturated rings. The van der Waals surface area contributed by atoms with Crippen molar-refractivity contribution in [1.29, 1.82) is 0 Å². The van der Waals surface area contributed by atoms with Crippen molar-refractivity contribution in [2.45, 2.75) is 20.3 Å². The Morgan fingerprint density at radius 3 is 1.48 bits per heavy atom. The SMILES string of the molecule is CCC(C)COCCOCCOCCOCCOCCOCCOc1ccc([N+](=O)[O-])cc1. The van der Waals surface area contributed by atoms with Gasteiger partial charge in [0.2, 0.25) is 0 Å². The number of nitro benzene ring substituents is 1. The highest BCUT2D eigenvalue weighted by Gasteiger charge is 2.04. The molecule has 0 saturated carbocycles. The Balaban J connectivity index is 1.74. The van der Waals surface area contributed by atoms with E-state index < -0.39 is 4.92 Å². The van der Waals surface area contributed by atoms with Gasteiger partial charge in [-0.25, -0.2) is 0 Å². The molecule has 1 atom stereocenters. The van der Waals surface area contributed by atoms with Crippen LogP contribution in [0.3, 0.4) is 0 Å². The maximum absolute atomic E-state index is 10.6. The van der Waals surface area contributed by atoms with Crippen LogP contribution in [0, 0.1) is 16.0 Å². The summed E-state index contributed by atoms with van der Waals surface area (Å²) in [6, 6.07) is 5.93. The molecular weight excluding hydrogens is 434 g/mol. The summed E-state index contributed by atoms with van der Waals surface area (Å²) in [5.74, 6) is 1.16. The Bertz CT molecular complexity index is 586. The number of rotatable bonds is 23. The zero-order chi connectivity index (χ0) is 24.0. The normalized spacial score (nSPS) is 12.1. The highest BCUT2D eigenvalue weighted by Crippen LogP contribution is 2.17. The molecule has 10 nitrogen and oxygen atoms in total. The van der Waals surface area contributed by atoms with E-state index >= 15 is 0 Å². The minimum atomic E-state index is -0.448. The molecule has 0 heterocycles. The number of nitro groups is 1. The number of nitrogens with zero attached hydrogens (tertiary/aromatic N) is 1. The third-order valence-corrected chi connectivity index (χ3v) is 4.50. The van der Waals surface area contributed by atoms with Crippen LogP contribution >= 0.6 is 0 Å². The van der Waals surface area contributed by atoms with E-state index in [2.05, 4.69) is 13.8 Å². The highest BCUT2D eigenvalue weighted by molar-refractivity contribution is 5.35. The molecule has 0 saturated heterocycles. The molecule has 33 heavy (non-hydrogen) atoms. The smallest absolute Gasteiger partial charge is 0.269 e. The largest absolute Gasteiger partial charge is 0.491 e. The van der Waals surface area contributed by atoms with Crippen LogP contribution in [0.1, 0.15) is 20.3 Å². The first-order chi connectivity index (χ1) is 16.1. The van der Waals surface area contributed by atoms with Crippen LogP contribution in [0.5, 0.6) is 5.75 Å². The Labute approximate surface area is 196 Å². The van der Waals surface area contributed by atoms with Gasteiger partial charge in [0.25, 0.3) is 5.69 Å². The summed E-state index contributed by atoms with van der Waals surface area (Å²) >= 11 is 0. The van der Waals surface area contributed by atoms with Crippen molar-refractivity contribution in [3.8, 4) is 5.75 Å². The fraction of sp³-hybridized carbons (Fsp3) is 0.739. The number of hydrogen-bond donors (Lipinski definition) is 0. The minimum absolute atomic E-state index is 0.0336. The number of benzene rings is 1. The quantitative estimate of drug-likeness (QED) is 0.135. The summed E-state index contributed by atoms with van der Waals surface area (Å²) in [5.41, 5.74) is 0.0336. The summed E-state index contributed by atoms with van der Waals surface area (Å²) < 4.78 is 38.1. The standard InChI is InChI=1S/C23H39NO9/c1-3-21(2)20-32-17-16-30-13-12-28-9-8-27-10-11-29-14-15-31-18-19-33-23-6-4-22(5-7-23)24(25)26/h4-7,21H,3,8-20H2,1-2H3. The van der Waals surface area contributed by atoms with Crippen LogP contribution in [0.2, 0.25) is 0 Å². The summed E-state index contributed by atoms with van der Waals surface area (Å²) in [6.45, 7) is 11.1. The van der Waals surface area contributed by atoms with Crippen molar-refractivity contribution in [1.82, 2.24) is 0 Å². The number of hydrogen-bond acceptors (Lipinski definition) is 9. The number of non-ortho nitro benzene ring substituents is 1. The zero-order valence-corrected chi connectivity index (χ0v) is 19.9. The van der Waals surface area contributed by atoms with E-state index in [1.165, 1.54) is 12.1 Å². The molecule has 0 radical (unpaired) electrons. The van der Waals surface area contributed by atoms with E-state index in [0.717, 1.165) is 13.0 Å². The summed E-state index contributed by atoms with van der Waals surface area (Å²) in [7, 11) is 0. The van der Waals surface area contributed by atoms with Gasteiger partial charge in [-0.05, 0) is 18.1 Å². The van der Waals surface area contributed by atoms with Gasteiger partial charge in [0.15, 0.2) is 0 Å². The molecule has 0 N–H and O–H groups in total. The first kappa shape index (κ1) is 29.2. The van der Waals surface area contributed by atoms with Gasteiger partial charge in [0.05, 0.1) is 77.6 Å². The zero-order valence-electron chi connectivity index (χ0n) is 19.9. The molecule has 0 aliphatic carbocycles. The van der Waals surface area contributed by atoms with Gasteiger partial charge >= 0.3 is 0 Å². The highest BCUT2D eigenvalue weighted by atomic mass is 16.6. The lowest BCUT2D eigenvalue weighted by atomic mass is 10.1. The average molecular weight is 474 g/mol. The van der Waals surface area contributed by atoms with Crippen molar-refractivity contribution in [2.75, 3.05) is 85.9 Å². The van der Waals surface area contributed by atoms with E-state index in [0.29, 0.717) is 91.0 Å². The molecule has 0 amide bonds. The third kappa shape index (κ3) is 17.3. The summed E-state index contributed by atoms with van der Waals surface area (Å²) in [4.78, 5) is 10.1. The molecule has 0 aliphatic rings. The van der Waals surface area contributed by atoms with Gasteiger partial charge in [0.1, 0.15) is 12.4 Å². The van der Waals surface area contributed by atoms with E-state index in [4.69, 9.17) is 33.2 Å². The number of ether oxygens (including phenoxy) is 7. The third-order valence-electron chi connectivity index (χ3n) is 4.50. The second-order valence-electron chi connectivity index (χ2n) is 7.25. The minimum Gasteiger partial charge on any atom is -0.491 e. The van der Waals surface area contributed by atoms with Gasteiger partial charge in [-0.15, -0.1) is 0 Å². The molecule has 0 aliphatic heterocycles. The lowest BCUT2D eigenvalue weighted by molar-refractivity contribution is -0.384. The molecule has 10 heteroatoms. The fourth-order valence-electron chi connectivity index (χ4n) is 2.38. The van der Waals surface area contributed by atoms with Crippen LogP contribution in [0.25, 0.3) is 0 Å². The van der Waals surface area contributed by atoms with Crippen molar-refractivity contribution in [3.05, 3.63) is 34.4 Å². The van der Waals surface area contributed by atoms with Crippen molar-refractivity contribution >= 4 is 5.69 Å². The van der Waals surface area contributed by atoms with E-state index in [1.807, 2.05) is 0 Å². The lowest BCUT2D eigenvalue weighted by Gasteiger charge is -2.10. The summed E-state index contributed by atoms with van der Waals surface area (Å²) in [6.07, 6.45) is 1.13. The van der Waals surface area contributed by atoms with Gasteiger partial charge in [0, 0.05) is 18.7 Å². The predicted octanol–water partition coefficient (Wildman–Crippen LogP) is 3.12. The summed E-state index contributed by atoms with van der Waals surface area (Å²) in [5, 5.41) is 10.6. The van der Waals surface area contributed by atoms with Crippen LogP contribution < -0.4 is 4.74 Å². The van der Waals surface area contributed by atoms with Crippen molar-refractivity contribution in [3.63, 3.8) is 0 Å². The molecule has 1 rings (SSSR count). The Kier molecular flexibility index (Phi) is 18.4. The molecule has 0 spiro atoms.